The number of benzene rings is 1. The van der Waals surface area contributed by atoms with Gasteiger partial charge in [0.25, 0.3) is 0 Å². The molecule has 62 valence electrons. The molecule has 0 heterocycles. The van der Waals surface area contributed by atoms with Crippen molar-refractivity contribution in [1.29, 1.82) is 0 Å². The Morgan fingerprint density at radius 1 is 1.25 bits per heavy atom. The smallest absolute Gasteiger partial charge is 0.119 e. The van der Waals surface area contributed by atoms with Crippen LogP contribution in [0.2, 0.25) is 0 Å². The molecule has 0 atom stereocenters. The average Bonchev–Trinajstić information content (AvgIpc) is 2.49. The van der Waals surface area contributed by atoms with Gasteiger partial charge in [0.2, 0.25) is 0 Å². The van der Waals surface area contributed by atoms with Crippen LogP contribution in [-0.4, -0.2) is 16.0 Å². The summed E-state index contributed by atoms with van der Waals surface area (Å²) < 4.78 is 0. The Hall–Kier alpha value is -1.51. The molecule has 0 spiro atoms. The summed E-state index contributed by atoms with van der Waals surface area (Å²) in [5, 5.41) is 21.2. The first-order chi connectivity index (χ1) is 5.83. The van der Waals surface area contributed by atoms with E-state index in [9.17, 15) is 5.11 Å². The van der Waals surface area contributed by atoms with Crippen molar-refractivity contribution in [2.75, 3.05) is 0 Å². The molecule has 1 aromatic carbocycles. The fourth-order valence-corrected chi connectivity index (χ4v) is 1.59. The largest absolute Gasteiger partial charge is 0.508 e. The number of nitrogens with zero attached hydrogens (tertiary/aromatic N) is 1. The molecule has 0 radical (unpaired) electrons. The molecule has 0 fully saturated rings. The summed E-state index contributed by atoms with van der Waals surface area (Å²) in [7, 11) is 0. The Morgan fingerprint density at radius 3 is 2.83 bits per heavy atom. The van der Waals surface area contributed by atoms with Crippen molar-refractivity contribution in [1.82, 2.24) is 0 Å². The molecule has 12 heavy (non-hydrogen) atoms. The van der Waals surface area contributed by atoms with E-state index in [1.807, 2.05) is 6.07 Å². The van der Waals surface area contributed by atoms with E-state index in [-0.39, 0.29) is 0 Å². The predicted molar refractivity (Wildman–Crippen MR) is 44.8 cm³/mol. The highest BCUT2D eigenvalue weighted by atomic mass is 16.4. The van der Waals surface area contributed by atoms with E-state index in [0.29, 0.717) is 17.9 Å². The van der Waals surface area contributed by atoms with Gasteiger partial charge < -0.3 is 10.3 Å². The lowest BCUT2D eigenvalue weighted by atomic mass is 10.1. The molecule has 3 heteroatoms. The Morgan fingerprint density at radius 2 is 2.08 bits per heavy atom. The Kier molecular flexibility index (Phi) is 1.50. The third-order valence-corrected chi connectivity index (χ3v) is 2.19. The van der Waals surface area contributed by atoms with E-state index in [1.165, 1.54) is 0 Å². The minimum atomic E-state index is 0.297. The fourth-order valence-electron chi connectivity index (χ4n) is 1.59. The normalized spacial score (nSPS) is 18.2. The highest BCUT2D eigenvalue weighted by Gasteiger charge is 2.20. The molecule has 2 rings (SSSR count). The lowest BCUT2D eigenvalue weighted by molar-refractivity contribution is 0.318. The maximum Gasteiger partial charge on any atom is 0.119 e. The zero-order chi connectivity index (χ0) is 8.55. The SMILES string of the molecule is O/N=C1\CCc2c(O)cccc21. The first-order valence-electron chi connectivity index (χ1n) is 3.85. The van der Waals surface area contributed by atoms with Crippen LogP contribution in [0.1, 0.15) is 17.5 Å². The number of phenolic OH excluding ortho intramolecular Hbond substituents is 1. The van der Waals surface area contributed by atoms with Crippen molar-refractivity contribution >= 4 is 5.71 Å². The highest BCUT2D eigenvalue weighted by molar-refractivity contribution is 6.04. The second kappa shape index (κ2) is 2.52. The molecule has 0 bridgehead atoms. The van der Waals surface area contributed by atoms with Crippen molar-refractivity contribution in [3.63, 3.8) is 0 Å². The molecule has 1 aromatic rings. The monoisotopic (exact) mass is 163 g/mol. The summed E-state index contributed by atoms with van der Waals surface area (Å²) in [6.07, 6.45) is 1.48. The van der Waals surface area contributed by atoms with Crippen molar-refractivity contribution in [2.45, 2.75) is 12.8 Å². The van der Waals surface area contributed by atoms with Crippen LogP contribution in [0.15, 0.2) is 23.4 Å². The summed E-state index contributed by atoms with van der Waals surface area (Å²) in [5.74, 6) is 0.297. The summed E-state index contributed by atoms with van der Waals surface area (Å²) in [6, 6.07) is 5.26. The van der Waals surface area contributed by atoms with Crippen molar-refractivity contribution in [3.05, 3.63) is 29.3 Å². The summed E-state index contributed by atoms with van der Waals surface area (Å²) in [5.41, 5.74) is 2.43. The van der Waals surface area contributed by atoms with E-state index in [1.54, 1.807) is 12.1 Å². The van der Waals surface area contributed by atoms with Crippen LogP contribution in [0.4, 0.5) is 0 Å². The van der Waals surface area contributed by atoms with Crippen LogP contribution in [0.25, 0.3) is 0 Å². The molecule has 0 aromatic heterocycles. The quantitative estimate of drug-likeness (QED) is 0.450. The number of fused-ring (bicyclic) bond motifs is 1. The van der Waals surface area contributed by atoms with Gasteiger partial charge in [0.05, 0.1) is 5.71 Å². The van der Waals surface area contributed by atoms with E-state index in [2.05, 4.69) is 5.16 Å². The molecule has 0 saturated carbocycles. The number of oxime groups is 1. The van der Waals surface area contributed by atoms with E-state index in [4.69, 9.17) is 5.21 Å². The minimum absolute atomic E-state index is 0.297. The predicted octanol–water partition coefficient (Wildman–Crippen LogP) is 1.52. The lowest BCUT2D eigenvalue weighted by Gasteiger charge is -1.99. The second-order valence-electron chi connectivity index (χ2n) is 2.85. The van der Waals surface area contributed by atoms with Gasteiger partial charge >= 0.3 is 0 Å². The van der Waals surface area contributed by atoms with Crippen LogP contribution in [-0.2, 0) is 6.42 Å². The van der Waals surface area contributed by atoms with Gasteiger partial charge in [0, 0.05) is 11.1 Å². The van der Waals surface area contributed by atoms with Gasteiger partial charge in [0.1, 0.15) is 5.75 Å². The highest BCUT2D eigenvalue weighted by Crippen LogP contribution is 2.29. The summed E-state index contributed by atoms with van der Waals surface area (Å²) in [6.45, 7) is 0. The van der Waals surface area contributed by atoms with E-state index < -0.39 is 0 Å². The average molecular weight is 163 g/mol. The topological polar surface area (TPSA) is 52.8 Å². The number of phenols is 1. The lowest BCUT2D eigenvalue weighted by Crippen LogP contribution is -1.92. The van der Waals surface area contributed by atoms with E-state index in [0.717, 1.165) is 17.5 Å². The van der Waals surface area contributed by atoms with Crippen LogP contribution in [0, 0.1) is 0 Å². The Balaban J connectivity index is 2.61. The fraction of sp³-hybridized carbons (Fsp3) is 0.222. The van der Waals surface area contributed by atoms with Crippen LogP contribution < -0.4 is 0 Å². The van der Waals surface area contributed by atoms with Crippen molar-refractivity contribution < 1.29 is 10.3 Å². The molecule has 0 unspecified atom stereocenters. The van der Waals surface area contributed by atoms with Crippen LogP contribution >= 0.6 is 0 Å². The maximum atomic E-state index is 9.41. The molecule has 3 nitrogen and oxygen atoms in total. The van der Waals surface area contributed by atoms with Gasteiger partial charge in [-0.1, -0.05) is 17.3 Å². The minimum Gasteiger partial charge on any atom is -0.508 e. The number of aromatic hydroxyl groups is 1. The third kappa shape index (κ3) is 0.863. The number of hydrogen-bond acceptors (Lipinski definition) is 3. The van der Waals surface area contributed by atoms with Gasteiger partial charge in [-0.3, -0.25) is 0 Å². The van der Waals surface area contributed by atoms with E-state index >= 15 is 0 Å². The zero-order valence-corrected chi connectivity index (χ0v) is 6.49. The molecular weight excluding hydrogens is 154 g/mol. The zero-order valence-electron chi connectivity index (χ0n) is 6.49. The first-order valence-corrected chi connectivity index (χ1v) is 3.85. The van der Waals surface area contributed by atoms with Crippen LogP contribution in [0.5, 0.6) is 5.75 Å². The number of hydrogen-bond donors (Lipinski definition) is 2. The second-order valence-corrected chi connectivity index (χ2v) is 2.85. The van der Waals surface area contributed by atoms with Crippen molar-refractivity contribution in [3.8, 4) is 5.75 Å². The molecular formula is C9H9NO2. The van der Waals surface area contributed by atoms with Gasteiger partial charge in [0.15, 0.2) is 0 Å². The molecule has 0 saturated heterocycles. The van der Waals surface area contributed by atoms with Crippen molar-refractivity contribution in [2.24, 2.45) is 5.16 Å². The third-order valence-electron chi connectivity index (χ3n) is 2.19. The summed E-state index contributed by atoms with van der Waals surface area (Å²) >= 11 is 0. The molecule has 1 aliphatic rings. The van der Waals surface area contributed by atoms with Crippen LogP contribution in [0.3, 0.4) is 0 Å². The Labute approximate surface area is 70.0 Å². The molecule has 1 aliphatic carbocycles. The maximum absolute atomic E-state index is 9.41. The standard InChI is InChI=1S/C9H9NO2/c11-9-3-1-2-6-7(9)4-5-8(6)10-12/h1-3,11-12H,4-5H2/b10-8+. The molecule has 0 aliphatic heterocycles. The van der Waals surface area contributed by atoms with Gasteiger partial charge in [-0.15, -0.1) is 0 Å². The summed E-state index contributed by atoms with van der Waals surface area (Å²) in [4.78, 5) is 0. The van der Waals surface area contributed by atoms with Gasteiger partial charge in [-0.05, 0) is 18.9 Å². The van der Waals surface area contributed by atoms with Gasteiger partial charge in [-0.25, -0.2) is 0 Å². The Bertz CT molecular complexity index is 344. The number of rotatable bonds is 0. The molecule has 0 amide bonds. The molecule has 2 N–H and O–H groups in total. The first kappa shape index (κ1) is 7.16. The van der Waals surface area contributed by atoms with Gasteiger partial charge in [-0.2, -0.15) is 0 Å².